The lowest BCUT2D eigenvalue weighted by Crippen LogP contribution is -2.22. The van der Waals surface area contributed by atoms with Crippen molar-refractivity contribution >= 4 is 29.1 Å². The lowest BCUT2D eigenvalue weighted by atomic mass is 10.1. The minimum Gasteiger partial charge on any atom is -0.493 e. The number of nitrogens with one attached hydrogen (secondary N) is 1. The lowest BCUT2D eigenvalue weighted by Gasteiger charge is -2.15. The van der Waals surface area contributed by atoms with E-state index in [1.54, 1.807) is 62.6 Å². The van der Waals surface area contributed by atoms with Crippen molar-refractivity contribution < 1.29 is 19.1 Å². The molecule has 0 aliphatic rings. The number of amides is 2. The number of benzene rings is 3. The first-order valence-electron chi connectivity index (χ1n) is 9.97. The molecule has 0 spiro atoms. The molecule has 1 N–H and O–H groups in total. The second-order valence-electron chi connectivity index (χ2n) is 7.46. The normalized spacial score (nSPS) is 10.4. The molecular weight excluding hydrogens is 428 g/mol. The van der Waals surface area contributed by atoms with Gasteiger partial charge in [0.1, 0.15) is 6.61 Å². The summed E-state index contributed by atoms with van der Waals surface area (Å²) >= 11 is 5.91. The molecule has 0 aliphatic carbocycles. The van der Waals surface area contributed by atoms with Gasteiger partial charge in [-0.2, -0.15) is 0 Å². The number of carbonyl (C=O) groups excluding carboxylic acids is 2. The van der Waals surface area contributed by atoms with Gasteiger partial charge in [-0.05, 0) is 60.5 Å². The quantitative estimate of drug-likeness (QED) is 0.535. The topological polar surface area (TPSA) is 67.9 Å². The van der Waals surface area contributed by atoms with E-state index in [0.717, 1.165) is 11.1 Å². The van der Waals surface area contributed by atoms with E-state index in [2.05, 4.69) is 5.32 Å². The van der Waals surface area contributed by atoms with E-state index in [0.29, 0.717) is 39.9 Å². The van der Waals surface area contributed by atoms with Crippen molar-refractivity contribution in [2.45, 2.75) is 13.5 Å². The van der Waals surface area contributed by atoms with Crippen LogP contribution in [0.1, 0.15) is 31.8 Å². The molecule has 3 aromatic rings. The summed E-state index contributed by atoms with van der Waals surface area (Å²) in [6.45, 7) is 2.21. The van der Waals surface area contributed by atoms with Crippen molar-refractivity contribution in [1.29, 1.82) is 0 Å². The number of ether oxygens (including phenoxy) is 2. The van der Waals surface area contributed by atoms with Gasteiger partial charge in [-0.25, -0.2) is 0 Å². The summed E-state index contributed by atoms with van der Waals surface area (Å²) in [7, 11) is 4.89. The number of rotatable bonds is 7. The number of hydrogen-bond donors (Lipinski definition) is 1. The van der Waals surface area contributed by atoms with Crippen LogP contribution in [-0.2, 0) is 6.61 Å². The Kier molecular flexibility index (Phi) is 7.38. The van der Waals surface area contributed by atoms with E-state index < -0.39 is 0 Å². The molecule has 0 fully saturated rings. The van der Waals surface area contributed by atoms with Crippen LogP contribution in [-0.4, -0.2) is 37.9 Å². The highest BCUT2D eigenvalue weighted by molar-refractivity contribution is 6.30. The van der Waals surface area contributed by atoms with Gasteiger partial charge in [-0.3, -0.25) is 9.59 Å². The van der Waals surface area contributed by atoms with Crippen LogP contribution in [0.25, 0.3) is 0 Å². The molecule has 32 heavy (non-hydrogen) atoms. The van der Waals surface area contributed by atoms with Crippen molar-refractivity contribution in [2.24, 2.45) is 0 Å². The van der Waals surface area contributed by atoms with E-state index in [-0.39, 0.29) is 11.8 Å². The minimum absolute atomic E-state index is 0.135. The van der Waals surface area contributed by atoms with Crippen LogP contribution in [0.5, 0.6) is 11.5 Å². The number of carbonyl (C=O) groups is 2. The predicted octanol–water partition coefficient (Wildman–Crippen LogP) is 5.19. The third kappa shape index (κ3) is 5.59. The zero-order valence-electron chi connectivity index (χ0n) is 18.4. The van der Waals surface area contributed by atoms with Crippen LogP contribution in [0.2, 0.25) is 5.02 Å². The van der Waals surface area contributed by atoms with Gasteiger partial charge in [-0.15, -0.1) is 0 Å². The molecule has 3 rings (SSSR count). The van der Waals surface area contributed by atoms with Gasteiger partial charge in [0.2, 0.25) is 0 Å². The summed E-state index contributed by atoms with van der Waals surface area (Å²) in [5.41, 5.74) is 3.29. The molecule has 0 bridgehead atoms. The first-order valence-corrected chi connectivity index (χ1v) is 10.3. The Morgan fingerprint density at radius 1 is 0.938 bits per heavy atom. The van der Waals surface area contributed by atoms with E-state index in [1.165, 1.54) is 12.0 Å². The Labute approximate surface area is 192 Å². The number of nitrogens with zero attached hydrogens (tertiary/aromatic N) is 1. The number of anilines is 1. The molecular formula is C25H25ClN2O4. The van der Waals surface area contributed by atoms with Crippen LogP contribution < -0.4 is 14.8 Å². The van der Waals surface area contributed by atoms with Gasteiger partial charge in [-0.1, -0.05) is 29.8 Å². The van der Waals surface area contributed by atoms with Crippen molar-refractivity contribution in [3.8, 4) is 11.5 Å². The van der Waals surface area contributed by atoms with Gasteiger partial charge < -0.3 is 19.7 Å². The van der Waals surface area contributed by atoms with Crippen LogP contribution >= 0.6 is 11.6 Å². The molecule has 7 heteroatoms. The molecule has 0 saturated heterocycles. The predicted molar refractivity (Wildman–Crippen MR) is 126 cm³/mol. The molecule has 0 radical (unpaired) electrons. The number of halogens is 1. The molecule has 166 valence electrons. The van der Waals surface area contributed by atoms with E-state index in [1.807, 2.05) is 19.1 Å². The number of aryl methyl sites for hydroxylation is 1. The fourth-order valence-electron chi connectivity index (χ4n) is 3.01. The SMILES string of the molecule is COc1cc(C(=O)Nc2cc(C(=O)N(C)C)ccc2C)ccc1OCc1ccc(Cl)cc1. The van der Waals surface area contributed by atoms with Gasteiger partial charge in [0, 0.05) is 35.9 Å². The average Bonchev–Trinajstić information content (AvgIpc) is 2.79. The molecule has 3 aromatic carbocycles. The summed E-state index contributed by atoms with van der Waals surface area (Å²) in [6, 6.07) is 17.6. The highest BCUT2D eigenvalue weighted by Gasteiger charge is 2.15. The third-order valence-electron chi connectivity index (χ3n) is 4.87. The summed E-state index contributed by atoms with van der Waals surface area (Å²) in [5.74, 6) is 0.517. The Morgan fingerprint density at radius 3 is 2.28 bits per heavy atom. The molecule has 0 aromatic heterocycles. The van der Waals surface area contributed by atoms with Crippen molar-refractivity contribution in [2.75, 3.05) is 26.5 Å². The van der Waals surface area contributed by atoms with Crippen LogP contribution in [0.4, 0.5) is 5.69 Å². The maximum Gasteiger partial charge on any atom is 0.255 e. The Hall–Kier alpha value is -3.51. The second kappa shape index (κ2) is 10.2. The summed E-state index contributed by atoms with van der Waals surface area (Å²) in [4.78, 5) is 26.6. The first-order chi connectivity index (χ1) is 15.3. The van der Waals surface area contributed by atoms with Crippen LogP contribution in [0.3, 0.4) is 0 Å². The highest BCUT2D eigenvalue weighted by atomic mass is 35.5. The molecule has 0 unspecified atom stereocenters. The van der Waals surface area contributed by atoms with Gasteiger partial charge >= 0.3 is 0 Å². The molecule has 0 saturated carbocycles. The van der Waals surface area contributed by atoms with Crippen LogP contribution in [0, 0.1) is 6.92 Å². The summed E-state index contributed by atoms with van der Waals surface area (Å²) < 4.78 is 11.3. The van der Waals surface area contributed by atoms with Gasteiger partial charge in [0.15, 0.2) is 11.5 Å². The Bertz CT molecular complexity index is 1130. The zero-order chi connectivity index (χ0) is 23.3. The summed E-state index contributed by atoms with van der Waals surface area (Å²) in [5, 5.41) is 3.54. The van der Waals surface area contributed by atoms with E-state index in [4.69, 9.17) is 21.1 Å². The minimum atomic E-state index is -0.315. The lowest BCUT2D eigenvalue weighted by molar-refractivity contribution is 0.0827. The van der Waals surface area contributed by atoms with E-state index in [9.17, 15) is 9.59 Å². The maximum atomic E-state index is 12.9. The largest absolute Gasteiger partial charge is 0.493 e. The first kappa shape index (κ1) is 23.2. The van der Waals surface area contributed by atoms with Crippen molar-refractivity contribution in [3.63, 3.8) is 0 Å². The zero-order valence-corrected chi connectivity index (χ0v) is 19.2. The van der Waals surface area contributed by atoms with Crippen LogP contribution in [0.15, 0.2) is 60.7 Å². The standard InChI is InChI=1S/C25H25ClN2O4/c1-16-5-8-19(25(30)28(2)3)13-21(16)27-24(29)18-9-12-22(23(14-18)31-4)32-15-17-6-10-20(26)11-7-17/h5-14H,15H2,1-4H3,(H,27,29). The smallest absolute Gasteiger partial charge is 0.255 e. The number of methoxy groups -OCH3 is 1. The monoisotopic (exact) mass is 452 g/mol. The third-order valence-corrected chi connectivity index (χ3v) is 5.12. The molecule has 6 nitrogen and oxygen atoms in total. The van der Waals surface area contributed by atoms with Gasteiger partial charge in [0.25, 0.3) is 11.8 Å². The Balaban J connectivity index is 1.75. The highest BCUT2D eigenvalue weighted by Crippen LogP contribution is 2.29. The fourth-order valence-corrected chi connectivity index (χ4v) is 3.14. The van der Waals surface area contributed by atoms with Gasteiger partial charge in [0.05, 0.1) is 7.11 Å². The number of hydrogen-bond acceptors (Lipinski definition) is 4. The molecule has 0 aliphatic heterocycles. The molecule has 0 atom stereocenters. The fraction of sp³-hybridized carbons (Fsp3) is 0.200. The maximum absolute atomic E-state index is 12.9. The van der Waals surface area contributed by atoms with Crippen molar-refractivity contribution in [3.05, 3.63) is 87.9 Å². The Morgan fingerprint density at radius 2 is 1.62 bits per heavy atom. The second-order valence-corrected chi connectivity index (χ2v) is 7.90. The molecule has 0 heterocycles. The van der Waals surface area contributed by atoms with Crippen molar-refractivity contribution in [1.82, 2.24) is 4.90 Å². The average molecular weight is 453 g/mol. The summed E-state index contributed by atoms with van der Waals surface area (Å²) in [6.07, 6.45) is 0. The van der Waals surface area contributed by atoms with E-state index >= 15 is 0 Å². The molecule has 2 amide bonds.